The fourth-order valence-corrected chi connectivity index (χ4v) is 5.45. The molecule has 7 heteroatoms. The predicted octanol–water partition coefficient (Wildman–Crippen LogP) is 6.16. The number of ether oxygens (including phenoxy) is 1. The van der Waals surface area contributed by atoms with Gasteiger partial charge in [0.1, 0.15) is 5.82 Å². The van der Waals surface area contributed by atoms with Gasteiger partial charge in [0.15, 0.2) is 0 Å². The normalized spacial score (nSPS) is 16.5. The first-order valence-electron chi connectivity index (χ1n) is 12.1. The third-order valence-corrected chi connectivity index (χ3v) is 7.84. The number of hydrogen-bond acceptors (Lipinski definition) is 4. The van der Waals surface area contributed by atoms with E-state index in [1.165, 1.54) is 27.4 Å². The van der Waals surface area contributed by atoms with Crippen molar-refractivity contribution in [3.63, 3.8) is 0 Å². The van der Waals surface area contributed by atoms with Crippen LogP contribution in [0.1, 0.15) is 50.5 Å². The molecule has 1 fully saturated rings. The smallest absolute Gasteiger partial charge is 0.306 e. The Kier molecular flexibility index (Phi) is 7.94. The van der Waals surface area contributed by atoms with Gasteiger partial charge in [-0.1, -0.05) is 44.2 Å². The summed E-state index contributed by atoms with van der Waals surface area (Å²) in [6.07, 6.45) is 3.72. The minimum Gasteiger partial charge on any atom is -0.469 e. The molecule has 2 aromatic carbocycles. The number of aromatic amines is 1. The number of hydrogen-bond donors (Lipinski definition) is 1. The molecule has 1 aromatic heterocycles. The zero-order chi connectivity index (χ0) is 25.1. The van der Waals surface area contributed by atoms with E-state index in [0.29, 0.717) is 6.54 Å². The van der Waals surface area contributed by atoms with E-state index in [1.54, 1.807) is 0 Å². The molecule has 35 heavy (non-hydrogen) atoms. The molecule has 4 rings (SSSR count). The van der Waals surface area contributed by atoms with E-state index >= 15 is 0 Å². The topological polar surface area (TPSA) is 75.3 Å². The van der Waals surface area contributed by atoms with Gasteiger partial charge in [0.25, 0.3) is 0 Å². The molecule has 0 unspecified atom stereocenters. The molecule has 6 nitrogen and oxygen atoms in total. The van der Waals surface area contributed by atoms with Gasteiger partial charge >= 0.3 is 5.97 Å². The number of carbonyl (C=O) groups is 2. The first-order valence-corrected chi connectivity index (χ1v) is 13.2. The predicted molar refractivity (Wildman–Crippen MR) is 146 cm³/mol. The van der Waals surface area contributed by atoms with Crippen LogP contribution in [0.15, 0.2) is 48.7 Å². The number of benzene rings is 2. The van der Waals surface area contributed by atoms with Crippen LogP contribution >= 0.6 is 22.6 Å². The number of H-pyrrole nitrogens is 1. The van der Waals surface area contributed by atoms with Crippen molar-refractivity contribution in [2.45, 2.75) is 46.1 Å². The van der Waals surface area contributed by atoms with Crippen LogP contribution in [0.3, 0.4) is 0 Å². The highest BCUT2D eigenvalue weighted by atomic mass is 127. The van der Waals surface area contributed by atoms with Crippen molar-refractivity contribution < 1.29 is 14.3 Å². The Morgan fingerprint density at radius 2 is 1.97 bits per heavy atom. The van der Waals surface area contributed by atoms with E-state index in [1.807, 2.05) is 24.9 Å². The maximum atomic E-state index is 13.4. The van der Waals surface area contributed by atoms with Gasteiger partial charge in [-0.15, -0.1) is 0 Å². The van der Waals surface area contributed by atoms with Crippen molar-refractivity contribution in [2.24, 2.45) is 11.8 Å². The summed E-state index contributed by atoms with van der Waals surface area (Å²) in [4.78, 5) is 35.4. The lowest BCUT2D eigenvalue weighted by Crippen LogP contribution is -2.39. The Morgan fingerprint density at radius 3 is 2.69 bits per heavy atom. The van der Waals surface area contributed by atoms with Crippen molar-refractivity contribution in [1.82, 2.24) is 14.9 Å². The van der Waals surface area contributed by atoms with E-state index in [-0.39, 0.29) is 30.3 Å². The van der Waals surface area contributed by atoms with E-state index in [0.717, 1.165) is 29.9 Å². The van der Waals surface area contributed by atoms with Crippen LogP contribution < -0.4 is 0 Å². The van der Waals surface area contributed by atoms with Crippen LogP contribution in [-0.2, 0) is 14.3 Å². The first-order chi connectivity index (χ1) is 16.8. The Bertz CT molecular complexity index is 1220. The molecule has 1 saturated heterocycles. The molecule has 0 saturated carbocycles. The number of halogens is 1. The maximum absolute atomic E-state index is 13.4. The highest BCUT2D eigenvalue weighted by Crippen LogP contribution is 2.36. The molecule has 1 aliphatic rings. The van der Waals surface area contributed by atoms with E-state index in [4.69, 9.17) is 4.74 Å². The summed E-state index contributed by atoms with van der Waals surface area (Å²) in [5, 5.41) is 0. The van der Waals surface area contributed by atoms with Crippen molar-refractivity contribution in [3.05, 3.63) is 63.6 Å². The van der Waals surface area contributed by atoms with E-state index in [2.05, 4.69) is 81.9 Å². The Hall–Kier alpha value is -2.68. The minimum atomic E-state index is -0.398. The Labute approximate surface area is 220 Å². The third-order valence-electron chi connectivity index (χ3n) is 6.90. The number of imidazole rings is 1. The summed E-state index contributed by atoms with van der Waals surface area (Å²) in [7, 11) is 1.36. The molecule has 3 aromatic rings. The van der Waals surface area contributed by atoms with Crippen LogP contribution in [0.4, 0.5) is 0 Å². The first kappa shape index (κ1) is 25.4. The van der Waals surface area contributed by atoms with Crippen molar-refractivity contribution in [1.29, 1.82) is 0 Å². The molecule has 2 atom stereocenters. The summed E-state index contributed by atoms with van der Waals surface area (Å²) in [6.45, 7) is 6.75. The fraction of sp³-hybridized carbons (Fsp3) is 0.393. The highest BCUT2D eigenvalue weighted by molar-refractivity contribution is 14.1. The number of nitrogens with one attached hydrogen (secondary N) is 1. The molecule has 0 spiro atoms. The lowest BCUT2D eigenvalue weighted by Gasteiger charge is -2.29. The van der Waals surface area contributed by atoms with Crippen LogP contribution in [0, 0.1) is 22.3 Å². The largest absolute Gasteiger partial charge is 0.469 e. The second-order valence-corrected chi connectivity index (χ2v) is 10.7. The zero-order valence-corrected chi connectivity index (χ0v) is 22.8. The molecule has 0 radical (unpaired) electrons. The van der Waals surface area contributed by atoms with Crippen molar-refractivity contribution >= 4 is 34.5 Å². The molecule has 2 heterocycles. The maximum Gasteiger partial charge on any atom is 0.306 e. The summed E-state index contributed by atoms with van der Waals surface area (Å²) in [5.41, 5.74) is 5.64. The van der Waals surface area contributed by atoms with Crippen LogP contribution in [0.25, 0.3) is 22.4 Å². The Morgan fingerprint density at radius 1 is 1.20 bits per heavy atom. The third kappa shape index (κ3) is 5.44. The number of carbonyl (C=O) groups excluding carboxylic acids is 2. The second-order valence-electron chi connectivity index (χ2n) is 9.51. The number of aromatic nitrogens is 2. The molecule has 0 aliphatic carbocycles. The number of aryl methyl sites for hydroxylation is 1. The SMILES string of the molecule is COC(=O)C[C@H](C(=O)N1CCC[C@H]1c1ncc(-c2ccc(I)c(-c3ccccc3C)c2)[nH]1)C(C)C. The van der Waals surface area contributed by atoms with Gasteiger partial charge < -0.3 is 14.6 Å². The minimum absolute atomic E-state index is 0.00181. The zero-order valence-electron chi connectivity index (χ0n) is 20.7. The van der Waals surface area contributed by atoms with Gasteiger partial charge in [0.2, 0.25) is 5.91 Å². The highest BCUT2D eigenvalue weighted by Gasteiger charge is 2.37. The molecule has 0 bridgehead atoms. The van der Waals surface area contributed by atoms with Crippen LogP contribution in [0.2, 0.25) is 0 Å². The standard InChI is InChI=1S/C28H32IN3O3/c1-17(2)21(15-26(33)35-4)28(34)32-13-7-10-25(32)27-30-16-24(31-27)19-11-12-23(29)22(14-19)20-9-6-5-8-18(20)3/h5-6,8-9,11-12,14,16-17,21,25H,7,10,13,15H2,1-4H3,(H,30,31)/t21-,25-/m0/s1. The Balaban J connectivity index is 1.60. The number of rotatable bonds is 7. The molecular weight excluding hydrogens is 553 g/mol. The summed E-state index contributed by atoms with van der Waals surface area (Å²) < 4.78 is 6.03. The number of amides is 1. The van der Waals surface area contributed by atoms with Gasteiger partial charge in [0.05, 0.1) is 37.4 Å². The number of nitrogens with zero attached hydrogens (tertiary/aromatic N) is 2. The van der Waals surface area contributed by atoms with Gasteiger partial charge in [-0.2, -0.15) is 0 Å². The van der Waals surface area contributed by atoms with Crippen molar-refractivity contribution in [3.8, 4) is 22.4 Å². The molecular formula is C28H32IN3O3. The van der Waals surface area contributed by atoms with Crippen LogP contribution in [0.5, 0.6) is 0 Å². The van der Waals surface area contributed by atoms with Gasteiger partial charge in [-0.25, -0.2) is 4.98 Å². The second kappa shape index (κ2) is 10.9. The van der Waals surface area contributed by atoms with E-state index in [9.17, 15) is 9.59 Å². The number of likely N-dealkylation sites (tertiary alicyclic amines) is 1. The van der Waals surface area contributed by atoms with Gasteiger partial charge in [0, 0.05) is 15.7 Å². The number of esters is 1. The average molecular weight is 585 g/mol. The average Bonchev–Trinajstić information content (AvgIpc) is 3.52. The summed E-state index contributed by atoms with van der Waals surface area (Å²) >= 11 is 2.38. The molecule has 1 aliphatic heterocycles. The lowest BCUT2D eigenvalue weighted by molar-refractivity contribution is -0.148. The van der Waals surface area contributed by atoms with E-state index < -0.39 is 5.92 Å². The van der Waals surface area contributed by atoms with Gasteiger partial charge in [-0.05, 0) is 77.1 Å². The molecule has 184 valence electrons. The summed E-state index contributed by atoms with van der Waals surface area (Å²) in [6, 6.07) is 14.7. The molecule has 1 N–H and O–H groups in total. The van der Waals surface area contributed by atoms with Gasteiger partial charge in [-0.3, -0.25) is 9.59 Å². The fourth-order valence-electron chi connectivity index (χ4n) is 4.83. The van der Waals surface area contributed by atoms with Crippen LogP contribution in [-0.4, -0.2) is 40.4 Å². The monoisotopic (exact) mass is 585 g/mol. The molecule has 1 amide bonds. The lowest BCUT2D eigenvalue weighted by atomic mass is 9.91. The summed E-state index contributed by atoms with van der Waals surface area (Å²) in [5.74, 6) is 0.0904. The van der Waals surface area contributed by atoms with Crippen molar-refractivity contribution in [2.75, 3.05) is 13.7 Å². The quantitative estimate of drug-likeness (QED) is 0.267. The number of methoxy groups -OCH3 is 1.